The van der Waals surface area contributed by atoms with Crippen LogP contribution in [-0.4, -0.2) is 14.8 Å². The van der Waals surface area contributed by atoms with Gasteiger partial charge >= 0.3 is 0 Å². The summed E-state index contributed by atoms with van der Waals surface area (Å²) in [4.78, 5) is 2.93. The second-order valence-corrected chi connectivity index (χ2v) is 8.95. The summed E-state index contributed by atoms with van der Waals surface area (Å²) in [5.41, 5.74) is 0. The van der Waals surface area contributed by atoms with Crippen LogP contribution in [-0.2, 0) is 0 Å². The largest absolute Gasteiger partial charge is 0.334 e. The average Bonchev–Trinajstić information content (AvgIpc) is 2.34. The maximum Gasteiger partial charge on any atom is 0.200 e. The van der Waals surface area contributed by atoms with E-state index in [1.54, 1.807) is 0 Å². The summed E-state index contributed by atoms with van der Waals surface area (Å²) in [5, 5.41) is -0.694. The third-order valence-corrected chi connectivity index (χ3v) is 5.75. The van der Waals surface area contributed by atoms with Crippen LogP contribution >= 0.6 is 0 Å². The van der Waals surface area contributed by atoms with Crippen LogP contribution in [0.5, 0.6) is 0 Å². The normalized spacial score (nSPS) is 12.0. The first-order chi connectivity index (χ1) is 8.74. The van der Waals surface area contributed by atoms with Crippen molar-refractivity contribution >= 4 is 13.4 Å². The molecule has 0 aliphatic rings. The summed E-state index contributed by atoms with van der Waals surface area (Å²) in [6.45, 7) is 5.45. The van der Waals surface area contributed by atoms with E-state index < -0.39 is 42.5 Å². The summed E-state index contributed by atoms with van der Waals surface area (Å²) in [5.74, 6) is -9.33. The monoisotopic (exact) mass is 297 g/mol. The van der Waals surface area contributed by atoms with Crippen molar-refractivity contribution < 1.29 is 22.0 Å². The van der Waals surface area contributed by atoms with Crippen molar-refractivity contribution in [2.45, 2.75) is 32.9 Å². The third kappa shape index (κ3) is 3.14. The second-order valence-electron chi connectivity index (χ2n) is 4.85. The molecule has 1 nitrogen and oxygen atoms in total. The van der Waals surface area contributed by atoms with Crippen molar-refractivity contribution in [1.82, 2.24) is 4.98 Å². The molecule has 0 atom stereocenters. The van der Waals surface area contributed by atoms with Gasteiger partial charge in [-0.3, -0.25) is 0 Å². The highest BCUT2D eigenvalue weighted by molar-refractivity contribution is 6.87. The minimum atomic E-state index is -2.94. The molecule has 0 bridgehead atoms. The molecule has 1 aromatic carbocycles. The SMILES string of the molecule is CCCCN[Si](C)(C)c1c(F)c(F)c(F)c(F)c1F. The Bertz CT molecular complexity index is 447. The van der Waals surface area contributed by atoms with E-state index >= 15 is 0 Å². The first-order valence-corrected chi connectivity index (χ1v) is 9.01. The van der Waals surface area contributed by atoms with Gasteiger partial charge in [0.25, 0.3) is 0 Å². The Hall–Kier alpha value is -0.953. The lowest BCUT2D eigenvalue weighted by molar-refractivity contribution is 0.383. The number of unbranched alkanes of at least 4 members (excludes halogenated alkanes) is 1. The minimum absolute atomic E-state index is 0.481. The lowest BCUT2D eigenvalue weighted by Gasteiger charge is -2.25. The highest BCUT2D eigenvalue weighted by Crippen LogP contribution is 2.18. The van der Waals surface area contributed by atoms with Crippen LogP contribution in [0.15, 0.2) is 0 Å². The van der Waals surface area contributed by atoms with Crippen LogP contribution < -0.4 is 10.2 Å². The first kappa shape index (κ1) is 16.1. The molecular weight excluding hydrogens is 281 g/mol. The van der Waals surface area contributed by atoms with Crippen molar-refractivity contribution in [2.75, 3.05) is 6.54 Å². The quantitative estimate of drug-likeness (QED) is 0.289. The van der Waals surface area contributed by atoms with Crippen LogP contribution in [0.1, 0.15) is 19.8 Å². The molecule has 108 valence electrons. The molecule has 0 aliphatic heterocycles. The van der Waals surface area contributed by atoms with Gasteiger partial charge in [0.05, 0.1) is 0 Å². The highest BCUT2D eigenvalue weighted by Gasteiger charge is 2.36. The van der Waals surface area contributed by atoms with Crippen LogP contribution in [0.2, 0.25) is 13.1 Å². The number of halogens is 5. The molecule has 1 rings (SSSR count). The fourth-order valence-corrected chi connectivity index (χ4v) is 4.12. The summed E-state index contributed by atoms with van der Waals surface area (Å²) < 4.78 is 66.6. The number of hydrogen-bond donors (Lipinski definition) is 1. The molecule has 0 aliphatic carbocycles. The Labute approximate surface area is 109 Å². The van der Waals surface area contributed by atoms with Crippen molar-refractivity contribution in [3.63, 3.8) is 0 Å². The van der Waals surface area contributed by atoms with Gasteiger partial charge in [0.2, 0.25) is 5.82 Å². The maximum absolute atomic E-state index is 13.7. The van der Waals surface area contributed by atoms with Crippen molar-refractivity contribution in [3.05, 3.63) is 29.1 Å². The Balaban J connectivity index is 3.26. The molecule has 1 N–H and O–H groups in total. The zero-order chi connectivity index (χ0) is 14.8. The third-order valence-electron chi connectivity index (χ3n) is 2.93. The van der Waals surface area contributed by atoms with Gasteiger partial charge in [0.15, 0.2) is 31.5 Å². The predicted octanol–water partition coefficient (Wildman–Crippen LogP) is 3.18. The van der Waals surface area contributed by atoms with Gasteiger partial charge in [-0.2, -0.15) is 0 Å². The predicted molar refractivity (Wildman–Crippen MR) is 66.3 cm³/mol. The molecule has 0 heterocycles. The van der Waals surface area contributed by atoms with Gasteiger partial charge in [-0.25, -0.2) is 22.0 Å². The van der Waals surface area contributed by atoms with E-state index in [0.29, 0.717) is 6.54 Å². The number of nitrogens with one attached hydrogen (secondary N) is 1. The van der Waals surface area contributed by atoms with Crippen molar-refractivity contribution in [2.24, 2.45) is 0 Å². The van der Waals surface area contributed by atoms with Gasteiger partial charge in [-0.05, 0) is 13.0 Å². The molecule has 19 heavy (non-hydrogen) atoms. The average molecular weight is 297 g/mol. The Kier molecular flexibility index (Phi) is 5.09. The zero-order valence-electron chi connectivity index (χ0n) is 11.0. The van der Waals surface area contributed by atoms with E-state index in [-0.39, 0.29) is 0 Å². The number of benzene rings is 1. The lowest BCUT2D eigenvalue weighted by atomic mass is 10.3. The molecule has 0 unspecified atom stereocenters. The van der Waals surface area contributed by atoms with E-state index in [2.05, 4.69) is 4.98 Å². The molecular formula is C12H16F5NSi. The lowest BCUT2D eigenvalue weighted by Crippen LogP contribution is -2.58. The summed E-state index contributed by atoms with van der Waals surface area (Å²) in [6, 6.07) is 0. The summed E-state index contributed by atoms with van der Waals surface area (Å²) >= 11 is 0. The van der Waals surface area contributed by atoms with Gasteiger partial charge in [0, 0.05) is 5.19 Å². The molecule has 0 radical (unpaired) electrons. The number of hydrogen-bond acceptors (Lipinski definition) is 1. The van der Waals surface area contributed by atoms with Gasteiger partial charge in [0.1, 0.15) is 0 Å². The molecule has 0 fully saturated rings. The number of rotatable bonds is 5. The van der Waals surface area contributed by atoms with Crippen LogP contribution in [0.25, 0.3) is 0 Å². The van der Waals surface area contributed by atoms with Crippen molar-refractivity contribution in [3.8, 4) is 0 Å². The van der Waals surface area contributed by atoms with Gasteiger partial charge < -0.3 is 4.98 Å². The minimum Gasteiger partial charge on any atom is -0.334 e. The molecule has 1 aromatic rings. The molecule has 0 aromatic heterocycles. The van der Waals surface area contributed by atoms with Crippen LogP contribution in [0, 0.1) is 29.1 Å². The smallest absolute Gasteiger partial charge is 0.200 e. The van der Waals surface area contributed by atoms with E-state index in [9.17, 15) is 22.0 Å². The Morgan fingerprint density at radius 2 is 1.26 bits per heavy atom. The van der Waals surface area contributed by atoms with E-state index in [4.69, 9.17) is 0 Å². The fourth-order valence-electron chi connectivity index (χ4n) is 1.82. The summed E-state index contributed by atoms with van der Waals surface area (Å²) in [6.07, 6.45) is 1.64. The van der Waals surface area contributed by atoms with Crippen LogP contribution in [0.4, 0.5) is 22.0 Å². The molecule has 0 saturated carbocycles. The van der Waals surface area contributed by atoms with E-state index in [1.165, 1.54) is 13.1 Å². The Morgan fingerprint density at radius 3 is 1.68 bits per heavy atom. The zero-order valence-corrected chi connectivity index (χ0v) is 12.0. The fraction of sp³-hybridized carbons (Fsp3) is 0.500. The molecule has 0 spiro atoms. The topological polar surface area (TPSA) is 12.0 Å². The molecule has 0 saturated heterocycles. The van der Waals surface area contributed by atoms with Crippen LogP contribution in [0.3, 0.4) is 0 Å². The van der Waals surface area contributed by atoms with Gasteiger partial charge in [-0.1, -0.05) is 26.4 Å². The van der Waals surface area contributed by atoms with E-state index in [1.807, 2.05) is 6.92 Å². The molecule has 0 amide bonds. The highest BCUT2D eigenvalue weighted by atomic mass is 28.3. The summed E-state index contributed by atoms with van der Waals surface area (Å²) in [7, 11) is -2.94. The maximum atomic E-state index is 13.7. The standard InChI is InChI=1S/C12H16F5NSi/c1-4-5-6-18-19(2,3)12-10(16)8(14)7(13)9(15)11(12)17/h18H,4-6H2,1-3H3. The second kappa shape index (κ2) is 6.00. The van der Waals surface area contributed by atoms with Gasteiger partial charge in [-0.15, -0.1) is 0 Å². The first-order valence-electron chi connectivity index (χ1n) is 6.01. The molecule has 7 heteroatoms. The van der Waals surface area contributed by atoms with E-state index in [0.717, 1.165) is 12.8 Å². The van der Waals surface area contributed by atoms with Crippen molar-refractivity contribution in [1.29, 1.82) is 0 Å². The Morgan fingerprint density at radius 1 is 0.842 bits per heavy atom.